The van der Waals surface area contributed by atoms with E-state index in [2.05, 4.69) is 4.90 Å². The number of hydrogen-bond donors (Lipinski definition) is 0. The highest BCUT2D eigenvalue weighted by Gasteiger charge is 2.22. The van der Waals surface area contributed by atoms with Crippen LogP contribution in [0.2, 0.25) is 10.0 Å². The Balaban J connectivity index is 2.01. The lowest BCUT2D eigenvalue weighted by molar-refractivity contribution is -0.0306. The van der Waals surface area contributed by atoms with Crippen molar-refractivity contribution in [3.8, 4) is 0 Å². The standard InChI is InChI=1S/C13H16Cl2FNO/c14-11-3-2-10(8-12(11)15)13-9-17(5-1-4-16)6-7-18-13/h2-3,8,13H,1,4-7,9H2. The summed E-state index contributed by atoms with van der Waals surface area (Å²) in [6.07, 6.45) is 0.571. The molecule has 0 saturated carbocycles. The van der Waals surface area contributed by atoms with Gasteiger partial charge in [-0.25, -0.2) is 0 Å². The zero-order chi connectivity index (χ0) is 13.0. The number of nitrogens with zero attached hydrogens (tertiary/aromatic N) is 1. The van der Waals surface area contributed by atoms with E-state index in [-0.39, 0.29) is 12.8 Å². The number of rotatable bonds is 4. The fourth-order valence-electron chi connectivity index (χ4n) is 2.10. The van der Waals surface area contributed by atoms with Crippen LogP contribution in [-0.4, -0.2) is 37.8 Å². The number of morpholine rings is 1. The van der Waals surface area contributed by atoms with Gasteiger partial charge in [0.25, 0.3) is 0 Å². The number of hydrogen-bond acceptors (Lipinski definition) is 2. The molecule has 1 aromatic rings. The van der Waals surface area contributed by atoms with Crippen LogP contribution < -0.4 is 0 Å². The molecule has 1 unspecified atom stereocenters. The molecule has 0 aliphatic carbocycles. The lowest BCUT2D eigenvalue weighted by Crippen LogP contribution is -2.39. The maximum Gasteiger partial charge on any atom is 0.0952 e. The van der Waals surface area contributed by atoms with Crippen molar-refractivity contribution in [3.05, 3.63) is 33.8 Å². The first-order chi connectivity index (χ1) is 8.70. The van der Waals surface area contributed by atoms with E-state index >= 15 is 0 Å². The molecule has 0 bridgehead atoms. The van der Waals surface area contributed by atoms with Gasteiger partial charge in [0.2, 0.25) is 0 Å². The first-order valence-electron chi connectivity index (χ1n) is 6.05. The molecule has 2 nitrogen and oxygen atoms in total. The minimum Gasteiger partial charge on any atom is -0.371 e. The molecule has 0 aromatic heterocycles. The zero-order valence-corrected chi connectivity index (χ0v) is 11.6. The topological polar surface area (TPSA) is 12.5 Å². The normalized spacial score (nSPS) is 21.2. The molecule has 2 rings (SSSR count). The molecule has 1 aromatic carbocycles. The van der Waals surface area contributed by atoms with E-state index in [1.165, 1.54) is 0 Å². The summed E-state index contributed by atoms with van der Waals surface area (Å²) < 4.78 is 17.9. The summed E-state index contributed by atoms with van der Waals surface area (Å²) in [5.41, 5.74) is 1.02. The minimum atomic E-state index is -0.269. The van der Waals surface area contributed by atoms with Crippen molar-refractivity contribution < 1.29 is 9.13 Å². The average Bonchev–Trinajstić information content (AvgIpc) is 2.40. The van der Waals surface area contributed by atoms with Gasteiger partial charge in [-0.2, -0.15) is 0 Å². The van der Waals surface area contributed by atoms with Gasteiger partial charge >= 0.3 is 0 Å². The molecule has 1 heterocycles. The fraction of sp³-hybridized carbons (Fsp3) is 0.538. The minimum absolute atomic E-state index is 0.00636. The second-order valence-electron chi connectivity index (χ2n) is 4.38. The Hall–Kier alpha value is -0.350. The highest BCUT2D eigenvalue weighted by molar-refractivity contribution is 6.42. The van der Waals surface area contributed by atoms with Crippen molar-refractivity contribution in [3.63, 3.8) is 0 Å². The van der Waals surface area contributed by atoms with Crippen LogP contribution >= 0.6 is 23.2 Å². The summed E-state index contributed by atoms with van der Waals surface area (Å²) in [5, 5.41) is 1.09. The third kappa shape index (κ3) is 3.58. The number of ether oxygens (including phenoxy) is 1. The van der Waals surface area contributed by atoms with Crippen molar-refractivity contribution in [2.24, 2.45) is 0 Å². The van der Waals surface area contributed by atoms with E-state index in [1.807, 2.05) is 12.1 Å². The average molecular weight is 292 g/mol. The molecular formula is C13H16Cl2FNO. The highest BCUT2D eigenvalue weighted by Crippen LogP contribution is 2.28. The van der Waals surface area contributed by atoms with Crippen LogP contribution in [0.3, 0.4) is 0 Å². The fourth-order valence-corrected chi connectivity index (χ4v) is 2.41. The van der Waals surface area contributed by atoms with Gasteiger partial charge in [0, 0.05) is 19.6 Å². The highest BCUT2D eigenvalue weighted by atomic mass is 35.5. The Morgan fingerprint density at radius 3 is 2.89 bits per heavy atom. The monoisotopic (exact) mass is 291 g/mol. The second-order valence-corrected chi connectivity index (χ2v) is 5.19. The van der Waals surface area contributed by atoms with E-state index in [0.717, 1.165) is 25.2 Å². The lowest BCUT2D eigenvalue weighted by Gasteiger charge is -2.33. The second kappa shape index (κ2) is 6.71. The molecule has 18 heavy (non-hydrogen) atoms. The summed E-state index contributed by atoms with van der Waals surface area (Å²) in [5.74, 6) is 0. The van der Waals surface area contributed by atoms with Gasteiger partial charge in [-0.15, -0.1) is 0 Å². The van der Waals surface area contributed by atoms with Gasteiger partial charge in [-0.3, -0.25) is 9.29 Å². The molecule has 100 valence electrons. The van der Waals surface area contributed by atoms with Crippen LogP contribution in [0.15, 0.2) is 18.2 Å². The van der Waals surface area contributed by atoms with Crippen LogP contribution in [0, 0.1) is 0 Å². The Bertz CT molecular complexity index is 403. The Morgan fingerprint density at radius 2 is 2.17 bits per heavy atom. The molecule has 0 N–H and O–H groups in total. The number of halogens is 3. The summed E-state index contributed by atoms with van der Waals surface area (Å²) in [6, 6.07) is 5.55. The summed E-state index contributed by atoms with van der Waals surface area (Å²) >= 11 is 11.9. The van der Waals surface area contributed by atoms with Crippen molar-refractivity contribution in [1.29, 1.82) is 0 Å². The van der Waals surface area contributed by atoms with Crippen molar-refractivity contribution in [2.75, 3.05) is 32.9 Å². The Labute approximate surface area is 117 Å². The van der Waals surface area contributed by atoms with E-state index < -0.39 is 0 Å². The van der Waals surface area contributed by atoms with E-state index in [9.17, 15) is 4.39 Å². The summed E-state index contributed by atoms with van der Waals surface area (Å²) in [7, 11) is 0. The molecule has 1 saturated heterocycles. The Kier molecular flexibility index (Phi) is 5.25. The molecule has 1 atom stereocenters. The van der Waals surface area contributed by atoms with Gasteiger partial charge in [-0.05, 0) is 24.1 Å². The maximum atomic E-state index is 12.2. The quantitative estimate of drug-likeness (QED) is 0.838. The van der Waals surface area contributed by atoms with Gasteiger partial charge in [0.05, 0.1) is 29.4 Å². The van der Waals surface area contributed by atoms with Crippen LogP contribution in [-0.2, 0) is 4.74 Å². The summed E-state index contributed by atoms with van der Waals surface area (Å²) in [4.78, 5) is 2.22. The smallest absolute Gasteiger partial charge is 0.0952 e. The van der Waals surface area contributed by atoms with Crippen LogP contribution in [0.4, 0.5) is 4.39 Å². The third-order valence-corrected chi connectivity index (χ3v) is 3.81. The molecule has 0 radical (unpaired) electrons. The SMILES string of the molecule is FCCCN1CCOC(c2ccc(Cl)c(Cl)c2)C1. The third-order valence-electron chi connectivity index (χ3n) is 3.07. The molecule has 1 aliphatic rings. The van der Waals surface area contributed by atoms with Crippen molar-refractivity contribution in [1.82, 2.24) is 4.90 Å². The molecular weight excluding hydrogens is 276 g/mol. The zero-order valence-electron chi connectivity index (χ0n) is 10.0. The van der Waals surface area contributed by atoms with E-state index in [0.29, 0.717) is 23.1 Å². The van der Waals surface area contributed by atoms with E-state index in [1.54, 1.807) is 6.07 Å². The Morgan fingerprint density at radius 1 is 1.33 bits per heavy atom. The summed E-state index contributed by atoms with van der Waals surface area (Å²) in [6.45, 7) is 2.81. The van der Waals surface area contributed by atoms with E-state index in [4.69, 9.17) is 27.9 Å². The van der Waals surface area contributed by atoms with Crippen LogP contribution in [0.5, 0.6) is 0 Å². The maximum absolute atomic E-state index is 12.2. The van der Waals surface area contributed by atoms with Crippen molar-refractivity contribution >= 4 is 23.2 Å². The van der Waals surface area contributed by atoms with Gasteiger partial charge < -0.3 is 4.74 Å². The molecule has 1 fully saturated rings. The number of alkyl halides is 1. The molecule has 5 heteroatoms. The van der Waals surface area contributed by atoms with Gasteiger partial charge in [0.15, 0.2) is 0 Å². The lowest BCUT2D eigenvalue weighted by atomic mass is 10.1. The predicted octanol–water partition coefficient (Wildman–Crippen LogP) is 3.73. The first-order valence-corrected chi connectivity index (χ1v) is 6.81. The largest absolute Gasteiger partial charge is 0.371 e. The number of benzene rings is 1. The van der Waals surface area contributed by atoms with Gasteiger partial charge in [-0.1, -0.05) is 29.3 Å². The molecule has 1 aliphatic heterocycles. The predicted molar refractivity (Wildman–Crippen MR) is 72.2 cm³/mol. The molecule has 0 spiro atoms. The van der Waals surface area contributed by atoms with Crippen molar-refractivity contribution in [2.45, 2.75) is 12.5 Å². The van der Waals surface area contributed by atoms with Gasteiger partial charge in [0.1, 0.15) is 0 Å². The first kappa shape index (κ1) is 14.1. The van der Waals surface area contributed by atoms with Crippen LogP contribution in [0.25, 0.3) is 0 Å². The molecule has 0 amide bonds. The van der Waals surface area contributed by atoms with Crippen LogP contribution in [0.1, 0.15) is 18.1 Å².